The number of ether oxygens (including phenoxy) is 1. The molecule has 86 valence electrons. The van der Waals surface area contributed by atoms with E-state index in [1.165, 1.54) is 25.7 Å². The zero-order valence-corrected chi connectivity index (χ0v) is 10.7. The Hall–Kier alpha value is -0.0400. The monoisotopic (exact) mass is 200 g/mol. The van der Waals surface area contributed by atoms with Crippen molar-refractivity contribution in [3.8, 4) is 0 Å². The Bertz CT molecular complexity index is 113. The number of rotatable bonds is 8. The van der Waals surface area contributed by atoms with Crippen molar-refractivity contribution in [1.82, 2.24) is 0 Å². The number of hydrogen-bond donors (Lipinski definition) is 0. The van der Waals surface area contributed by atoms with Crippen LogP contribution in [-0.2, 0) is 4.74 Å². The van der Waals surface area contributed by atoms with E-state index >= 15 is 0 Å². The average Bonchev–Trinajstić information content (AvgIpc) is 2.22. The first kappa shape index (κ1) is 14.0. The molecule has 0 aromatic heterocycles. The van der Waals surface area contributed by atoms with E-state index in [0.717, 1.165) is 18.8 Å². The van der Waals surface area contributed by atoms with Gasteiger partial charge < -0.3 is 4.74 Å². The molecule has 0 rings (SSSR count). The van der Waals surface area contributed by atoms with Crippen LogP contribution < -0.4 is 0 Å². The van der Waals surface area contributed by atoms with Crippen molar-refractivity contribution in [2.75, 3.05) is 7.11 Å². The molecule has 1 heteroatoms. The summed E-state index contributed by atoms with van der Waals surface area (Å²) < 4.78 is 5.80. The van der Waals surface area contributed by atoms with Crippen LogP contribution in [0.15, 0.2) is 0 Å². The van der Waals surface area contributed by atoms with E-state index in [9.17, 15) is 0 Å². The van der Waals surface area contributed by atoms with Crippen LogP contribution in [0.5, 0.6) is 0 Å². The summed E-state index contributed by atoms with van der Waals surface area (Å²) in [6.07, 6.45) is 7.45. The predicted molar refractivity (Wildman–Crippen MR) is 63.6 cm³/mol. The molecule has 0 radical (unpaired) electrons. The van der Waals surface area contributed by atoms with E-state index in [0.29, 0.717) is 0 Å². The maximum atomic E-state index is 5.80. The fourth-order valence-electron chi connectivity index (χ4n) is 2.65. The summed E-state index contributed by atoms with van der Waals surface area (Å²) in [5, 5.41) is 0. The summed E-state index contributed by atoms with van der Waals surface area (Å²) in [4.78, 5) is 0. The summed E-state index contributed by atoms with van der Waals surface area (Å²) >= 11 is 0. The SMILES string of the molecule is CCCC(CCC)C(CC)(CC)OC. The summed E-state index contributed by atoms with van der Waals surface area (Å²) in [7, 11) is 1.88. The Morgan fingerprint density at radius 3 is 1.57 bits per heavy atom. The molecule has 0 amide bonds. The highest BCUT2D eigenvalue weighted by molar-refractivity contribution is 4.85. The van der Waals surface area contributed by atoms with E-state index in [-0.39, 0.29) is 5.60 Å². The molecule has 0 aliphatic heterocycles. The molecule has 0 fully saturated rings. The first-order valence-corrected chi connectivity index (χ1v) is 6.25. The minimum absolute atomic E-state index is 0.145. The largest absolute Gasteiger partial charge is 0.378 e. The Kier molecular flexibility index (Phi) is 7.26. The van der Waals surface area contributed by atoms with Crippen LogP contribution in [0, 0.1) is 5.92 Å². The lowest BCUT2D eigenvalue weighted by molar-refractivity contribution is -0.0703. The lowest BCUT2D eigenvalue weighted by atomic mass is 9.77. The van der Waals surface area contributed by atoms with E-state index in [4.69, 9.17) is 4.74 Å². The highest BCUT2D eigenvalue weighted by Gasteiger charge is 2.34. The number of hydrogen-bond acceptors (Lipinski definition) is 1. The molecule has 0 saturated carbocycles. The molecule has 0 aliphatic carbocycles. The Morgan fingerprint density at radius 1 is 0.929 bits per heavy atom. The van der Waals surface area contributed by atoms with Crippen molar-refractivity contribution in [3.05, 3.63) is 0 Å². The van der Waals surface area contributed by atoms with Crippen molar-refractivity contribution in [3.63, 3.8) is 0 Å². The molecule has 0 aromatic carbocycles. The van der Waals surface area contributed by atoms with Gasteiger partial charge in [-0.3, -0.25) is 0 Å². The van der Waals surface area contributed by atoms with Crippen molar-refractivity contribution < 1.29 is 4.74 Å². The van der Waals surface area contributed by atoms with E-state index in [1.54, 1.807) is 0 Å². The molecule has 0 heterocycles. The molecule has 0 atom stereocenters. The lowest BCUT2D eigenvalue weighted by Gasteiger charge is -2.38. The van der Waals surface area contributed by atoms with E-state index in [1.807, 2.05) is 7.11 Å². The van der Waals surface area contributed by atoms with Crippen LogP contribution in [-0.4, -0.2) is 12.7 Å². The van der Waals surface area contributed by atoms with Crippen molar-refractivity contribution >= 4 is 0 Å². The average molecular weight is 200 g/mol. The molecule has 14 heavy (non-hydrogen) atoms. The number of methoxy groups -OCH3 is 1. The molecule has 0 N–H and O–H groups in total. The lowest BCUT2D eigenvalue weighted by Crippen LogP contribution is -2.38. The topological polar surface area (TPSA) is 9.23 Å². The first-order chi connectivity index (χ1) is 6.70. The van der Waals surface area contributed by atoms with E-state index in [2.05, 4.69) is 27.7 Å². The Labute approximate surface area is 90.2 Å². The van der Waals surface area contributed by atoms with Crippen molar-refractivity contribution in [2.24, 2.45) is 5.92 Å². The molecular formula is C13H28O. The van der Waals surface area contributed by atoms with E-state index < -0.39 is 0 Å². The maximum absolute atomic E-state index is 5.80. The van der Waals surface area contributed by atoms with Gasteiger partial charge in [-0.05, 0) is 31.6 Å². The first-order valence-electron chi connectivity index (χ1n) is 6.25. The minimum Gasteiger partial charge on any atom is -0.378 e. The third-order valence-electron chi connectivity index (χ3n) is 3.62. The van der Waals surface area contributed by atoms with Gasteiger partial charge in [-0.15, -0.1) is 0 Å². The molecule has 1 nitrogen and oxygen atoms in total. The van der Waals surface area contributed by atoms with Gasteiger partial charge in [0.25, 0.3) is 0 Å². The van der Waals surface area contributed by atoms with Crippen LogP contribution in [0.4, 0.5) is 0 Å². The molecule has 0 spiro atoms. The normalized spacial score (nSPS) is 12.4. The summed E-state index contributed by atoms with van der Waals surface area (Å²) in [5.41, 5.74) is 0.145. The van der Waals surface area contributed by atoms with Gasteiger partial charge in [0, 0.05) is 7.11 Å². The maximum Gasteiger partial charge on any atom is 0.0701 e. The Balaban J connectivity index is 4.52. The predicted octanol–water partition coefficient (Wildman–Crippen LogP) is 4.41. The minimum atomic E-state index is 0.145. The molecule has 0 aliphatic rings. The van der Waals surface area contributed by atoms with Gasteiger partial charge in [0.2, 0.25) is 0 Å². The third-order valence-corrected chi connectivity index (χ3v) is 3.62. The van der Waals surface area contributed by atoms with Gasteiger partial charge in [-0.25, -0.2) is 0 Å². The fraction of sp³-hybridized carbons (Fsp3) is 1.00. The van der Waals surface area contributed by atoms with Gasteiger partial charge >= 0.3 is 0 Å². The highest BCUT2D eigenvalue weighted by Crippen LogP contribution is 2.35. The summed E-state index contributed by atoms with van der Waals surface area (Å²) in [5.74, 6) is 0.748. The standard InChI is InChI=1S/C13H28O/c1-6-10-12(11-7-2)13(8-3,9-4)14-5/h12H,6-11H2,1-5H3. The van der Waals surface area contributed by atoms with Crippen LogP contribution in [0.3, 0.4) is 0 Å². The van der Waals surface area contributed by atoms with Gasteiger partial charge in [0.05, 0.1) is 5.60 Å². The second-order valence-corrected chi connectivity index (χ2v) is 4.25. The van der Waals surface area contributed by atoms with Gasteiger partial charge in [0.1, 0.15) is 0 Å². The highest BCUT2D eigenvalue weighted by atomic mass is 16.5. The second-order valence-electron chi connectivity index (χ2n) is 4.25. The van der Waals surface area contributed by atoms with Gasteiger partial charge in [0.15, 0.2) is 0 Å². The van der Waals surface area contributed by atoms with Crippen molar-refractivity contribution in [1.29, 1.82) is 0 Å². The zero-order chi connectivity index (χ0) is 11.0. The quantitative estimate of drug-likeness (QED) is 0.564. The van der Waals surface area contributed by atoms with Crippen LogP contribution in [0.25, 0.3) is 0 Å². The van der Waals surface area contributed by atoms with Gasteiger partial charge in [-0.1, -0.05) is 40.5 Å². The zero-order valence-electron chi connectivity index (χ0n) is 10.7. The molecule has 0 unspecified atom stereocenters. The van der Waals surface area contributed by atoms with Crippen molar-refractivity contribution in [2.45, 2.75) is 71.8 Å². The molecule has 0 bridgehead atoms. The van der Waals surface area contributed by atoms with Crippen LogP contribution >= 0.6 is 0 Å². The molecule has 0 saturated heterocycles. The van der Waals surface area contributed by atoms with Crippen LogP contribution in [0.2, 0.25) is 0 Å². The van der Waals surface area contributed by atoms with Gasteiger partial charge in [-0.2, -0.15) is 0 Å². The second kappa shape index (κ2) is 7.28. The summed E-state index contributed by atoms with van der Waals surface area (Å²) in [6, 6.07) is 0. The molecular weight excluding hydrogens is 172 g/mol. The smallest absolute Gasteiger partial charge is 0.0701 e. The fourth-order valence-corrected chi connectivity index (χ4v) is 2.65. The summed E-state index contributed by atoms with van der Waals surface area (Å²) in [6.45, 7) is 9.06. The Morgan fingerprint density at radius 2 is 1.36 bits per heavy atom. The third kappa shape index (κ3) is 3.27. The van der Waals surface area contributed by atoms with Crippen LogP contribution in [0.1, 0.15) is 66.2 Å². The molecule has 0 aromatic rings.